The van der Waals surface area contributed by atoms with E-state index in [9.17, 15) is 18.0 Å². The van der Waals surface area contributed by atoms with Crippen molar-refractivity contribution in [2.45, 2.75) is 39.3 Å². The molecular formula is C25H33N3O6S. The molecule has 1 atom stereocenters. The maximum atomic E-state index is 13.2. The minimum absolute atomic E-state index is 0.0871. The van der Waals surface area contributed by atoms with Crippen molar-refractivity contribution in [3.8, 4) is 11.5 Å². The molecule has 0 aromatic heterocycles. The number of nitrogens with zero attached hydrogens (tertiary/aromatic N) is 2. The molecule has 1 aliphatic rings. The van der Waals surface area contributed by atoms with E-state index in [4.69, 9.17) is 9.47 Å². The summed E-state index contributed by atoms with van der Waals surface area (Å²) in [6.45, 7) is 4.88. The molecule has 1 N–H and O–H groups in total. The van der Waals surface area contributed by atoms with Gasteiger partial charge in [0.1, 0.15) is 19.3 Å². The monoisotopic (exact) mass is 503 g/mol. The molecule has 0 saturated carbocycles. The summed E-state index contributed by atoms with van der Waals surface area (Å²) in [6, 6.07) is 12.0. The lowest BCUT2D eigenvalue weighted by Gasteiger charge is -2.29. The highest BCUT2D eigenvalue weighted by molar-refractivity contribution is 7.92. The van der Waals surface area contributed by atoms with Crippen LogP contribution in [0.1, 0.15) is 30.9 Å². The van der Waals surface area contributed by atoms with E-state index in [1.165, 1.54) is 16.3 Å². The van der Waals surface area contributed by atoms with Crippen LogP contribution in [0, 0.1) is 6.92 Å². The van der Waals surface area contributed by atoms with E-state index in [2.05, 4.69) is 5.32 Å². The first-order chi connectivity index (χ1) is 16.6. The number of anilines is 1. The normalized spacial score (nSPS) is 13.6. The third-order valence-corrected chi connectivity index (χ3v) is 7.18. The lowest BCUT2D eigenvalue weighted by atomic mass is 10.1. The number of rotatable bonds is 10. The van der Waals surface area contributed by atoms with Crippen molar-refractivity contribution < 1.29 is 27.5 Å². The minimum Gasteiger partial charge on any atom is -0.486 e. The predicted molar refractivity (Wildman–Crippen MR) is 134 cm³/mol. The maximum absolute atomic E-state index is 13.2. The third-order valence-electron chi connectivity index (χ3n) is 5.98. The summed E-state index contributed by atoms with van der Waals surface area (Å²) in [4.78, 5) is 27.1. The van der Waals surface area contributed by atoms with Crippen molar-refractivity contribution >= 4 is 27.5 Å². The Bertz CT molecular complexity index is 1170. The lowest BCUT2D eigenvalue weighted by molar-refractivity contribution is -0.140. The second kappa shape index (κ2) is 11.4. The maximum Gasteiger partial charge on any atom is 0.242 e. The summed E-state index contributed by atoms with van der Waals surface area (Å²) in [5.74, 6) is 0.571. The number of carbonyl (C=O) groups excluding carboxylic acids is 2. The summed E-state index contributed by atoms with van der Waals surface area (Å²) in [6.07, 6.45) is 1.50. The Kier molecular flexibility index (Phi) is 8.61. The summed E-state index contributed by atoms with van der Waals surface area (Å²) in [5, 5.41) is 2.60. The smallest absolute Gasteiger partial charge is 0.242 e. The Hall–Kier alpha value is -3.27. The number of amides is 2. The average molecular weight is 504 g/mol. The number of fused-ring (bicyclic) bond motifs is 1. The molecule has 3 rings (SSSR count). The molecule has 1 heterocycles. The number of nitrogens with one attached hydrogen (secondary N) is 1. The van der Waals surface area contributed by atoms with E-state index in [1.54, 1.807) is 25.1 Å². The average Bonchev–Trinajstić information content (AvgIpc) is 2.84. The molecule has 0 aliphatic carbocycles. The molecule has 2 aromatic rings. The lowest BCUT2D eigenvalue weighted by Crippen LogP contribution is -2.47. The van der Waals surface area contributed by atoms with E-state index >= 15 is 0 Å². The van der Waals surface area contributed by atoms with Crippen molar-refractivity contribution in [3.05, 3.63) is 53.6 Å². The van der Waals surface area contributed by atoms with Crippen molar-refractivity contribution in [1.29, 1.82) is 0 Å². The van der Waals surface area contributed by atoms with Gasteiger partial charge in [0, 0.05) is 32.6 Å². The van der Waals surface area contributed by atoms with Crippen LogP contribution in [0.5, 0.6) is 11.5 Å². The van der Waals surface area contributed by atoms with Crippen LogP contribution in [0.4, 0.5) is 5.69 Å². The van der Waals surface area contributed by atoms with Crippen LogP contribution >= 0.6 is 0 Å². The molecule has 2 aromatic carbocycles. The van der Waals surface area contributed by atoms with Crippen molar-refractivity contribution in [2.75, 3.05) is 37.4 Å². The second-order valence-electron chi connectivity index (χ2n) is 8.50. The topological polar surface area (TPSA) is 105 Å². The second-order valence-corrected chi connectivity index (χ2v) is 10.4. The first-order valence-electron chi connectivity index (χ1n) is 11.5. The Morgan fingerprint density at radius 1 is 1.09 bits per heavy atom. The van der Waals surface area contributed by atoms with E-state index in [-0.39, 0.29) is 37.7 Å². The fourth-order valence-corrected chi connectivity index (χ4v) is 4.91. The summed E-state index contributed by atoms with van der Waals surface area (Å²) >= 11 is 0. The van der Waals surface area contributed by atoms with Gasteiger partial charge in [-0.1, -0.05) is 24.3 Å². The summed E-state index contributed by atoms with van der Waals surface area (Å²) < 4.78 is 37.4. The summed E-state index contributed by atoms with van der Waals surface area (Å²) in [5.41, 5.74) is 2.42. The first-order valence-corrected chi connectivity index (χ1v) is 13.4. The predicted octanol–water partition coefficient (Wildman–Crippen LogP) is 2.48. The molecule has 9 nitrogen and oxygen atoms in total. The Morgan fingerprint density at radius 2 is 1.77 bits per heavy atom. The molecular weight excluding hydrogens is 470 g/mol. The number of carbonyl (C=O) groups is 2. The van der Waals surface area contributed by atoms with Gasteiger partial charge in [-0.3, -0.25) is 13.9 Å². The van der Waals surface area contributed by atoms with Crippen LogP contribution in [0.25, 0.3) is 0 Å². The van der Waals surface area contributed by atoms with Gasteiger partial charge >= 0.3 is 0 Å². The molecule has 0 radical (unpaired) electrons. The molecule has 2 amide bonds. The Balaban J connectivity index is 1.73. The zero-order chi connectivity index (χ0) is 25.6. The van der Waals surface area contributed by atoms with E-state index in [0.29, 0.717) is 30.4 Å². The molecule has 10 heteroatoms. The Morgan fingerprint density at radius 3 is 2.43 bits per heavy atom. The van der Waals surface area contributed by atoms with Gasteiger partial charge in [-0.25, -0.2) is 8.42 Å². The highest BCUT2D eigenvalue weighted by Gasteiger charge is 2.27. The first kappa shape index (κ1) is 26.3. The van der Waals surface area contributed by atoms with Gasteiger partial charge < -0.3 is 19.7 Å². The zero-order valence-corrected chi connectivity index (χ0v) is 21.4. The highest BCUT2D eigenvalue weighted by atomic mass is 32.2. The fraction of sp³-hybridized carbons (Fsp3) is 0.440. The number of hydrogen-bond acceptors (Lipinski definition) is 6. The molecule has 0 spiro atoms. The fourth-order valence-electron chi connectivity index (χ4n) is 3.95. The quantitative estimate of drug-likeness (QED) is 0.534. The van der Waals surface area contributed by atoms with Crippen molar-refractivity contribution in [2.24, 2.45) is 0 Å². The molecule has 190 valence electrons. The molecule has 1 aliphatic heterocycles. The van der Waals surface area contributed by atoms with Gasteiger partial charge in [-0.2, -0.15) is 0 Å². The minimum atomic E-state index is -3.60. The van der Waals surface area contributed by atoms with Crippen LogP contribution in [0.15, 0.2) is 42.5 Å². The van der Waals surface area contributed by atoms with Gasteiger partial charge in [0.05, 0.1) is 11.9 Å². The largest absolute Gasteiger partial charge is 0.486 e. The third kappa shape index (κ3) is 6.66. The SMILES string of the molecule is CNC(=O)[C@H](C)N(Cc1ccccc1C)C(=O)CCCN(c1ccc2c(c1)OCCO2)S(C)(=O)=O. The van der Waals surface area contributed by atoms with Gasteiger partial charge in [-0.15, -0.1) is 0 Å². The standard InChI is InChI=1S/C25H33N3O6S/c1-18-8-5-6-9-20(18)17-27(19(2)25(30)26-3)24(29)10-7-13-28(35(4,31)32)21-11-12-22-23(16-21)34-15-14-33-22/h5-6,8-9,11-12,16,19H,7,10,13-15,17H2,1-4H3,(H,26,30)/t19-/m0/s1. The Labute approximate surface area is 207 Å². The molecule has 0 bridgehead atoms. The number of likely N-dealkylation sites (N-methyl/N-ethyl adjacent to an activating group) is 1. The van der Waals surface area contributed by atoms with Crippen LogP contribution in [-0.4, -0.2) is 64.2 Å². The summed E-state index contributed by atoms with van der Waals surface area (Å²) in [7, 11) is -2.07. The molecule has 0 unspecified atom stereocenters. The number of aryl methyl sites for hydroxylation is 1. The number of hydrogen-bond donors (Lipinski definition) is 1. The molecule has 35 heavy (non-hydrogen) atoms. The number of ether oxygens (including phenoxy) is 2. The number of sulfonamides is 1. The van der Waals surface area contributed by atoms with E-state index < -0.39 is 16.1 Å². The van der Waals surface area contributed by atoms with E-state index in [0.717, 1.165) is 17.4 Å². The zero-order valence-electron chi connectivity index (χ0n) is 20.6. The van der Waals surface area contributed by atoms with E-state index in [1.807, 2.05) is 31.2 Å². The van der Waals surface area contributed by atoms with Gasteiger partial charge in [0.15, 0.2) is 11.5 Å². The van der Waals surface area contributed by atoms with Crippen molar-refractivity contribution in [1.82, 2.24) is 10.2 Å². The highest BCUT2D eigenvalue weighted by Crippen LogP contribution is 2.34. The number of benzene rings is 2. The van der Waals surface area contributed by atoms with Gasteiger partial charge in [-0.05, 0) is 43.5 Å². The van der Waals surface area contributed by atoms with Crippen LogP contribution in [-0.2, 0) is 26.2 Å². The van der Waals surface area contributed by atoms with Crippen molar-refractivity contribution in [3.63, 3.8) is 0 Å². The molecule has 0 saturated heterocycles. The van der Waals surface area contributed by atoms with Crippen LogP contribution in [0.3, 0.4) is 0 Å². The van der Waals surface area contributed by atoms with Crippen LogP contribution in [0.2, 0.25) is 0 Å². The molecule has 0 fully saturated rings. The van der Waals surface area contributed by atoms with Gasteiger partial charge in [0.2, 0.25) is 21.8 Å². The van der Waals surface area contributed by atoms with Gasteiger partial charge in [0.25, 0.3) is 0 Å². The van der Waals surface area contributed by atoms with Crippen LogP contribution < -0.4 is 19.1 Å².